The number of hydrogen-bond acceptors (Lipinski definition) is 8. The topological polar surface area (TPSA) is 96.2 Å². The third kappa shape index (κ3) is 4.73. The number of hydrogen-bond donors (Lipinski definition) is 2. The molecule has 35 heavy (non-hydrogen) atoms. The van der Waals surface area contributed by atoms with Crippen LogP contribution in [-0.2, 0) is 6.42 Å². The van der Waals surface area contributed by atoms with Crippen LogP contribution >= 0.6 is 12.4 Å². The molecule has 1 aliphatic rings. The van der Waals surface area contributed by atoms with Crippen LogP contribution < -0.4 is 15.5 Å². The SMILES string of the molecule is Cc1cc(Nc2ncnc3cnc(N4CCNCC4)cc23)ccc1Cc1ccn2ncnc2c1.Cl. The van der Waals surface area contributed by atoms with Crippen molar-refractivity contribution in [2.75, 3.05) is 36.4 Å². The zero-order valence-electron chi connectivity index (χ0n) is 19.3. The summed E-state index contributed by atoms with van der Waals surface area (Å²) in [5.74, 6) is 1.75. The highest BCUT2D eigenvalue weighted by atomic mass is 35.5. The number of aryl methyl sites for hydroxylation is 1. The van der Waals surface area contributed by atoms with Gasteiger partial charge < -0.3 is 15.5 Å². The summed E-state index contributed by atoms with van der Waals surface area (Å²) in [7, 11) is 0. The van der Waals surface area contributed by atoms with Gasteiger partial charge in [0.25, 0.3) is 0 Å². The lowest BCUT2D eigenvalue weighted by atomic mass is 10.0. The molecule has 0 spiro atoms. The van der Waals surface area contributed by atoms with Gasteiger partial charge in [0.1, 0.15) is 24.3 Å². The lowest BCUT2D eigenvalue weighted by Gasteiger charge is -2.28. The Morgan fingerprint density at radius 3 is 2.71 bits per heavy atom. The van der Waals surface area contributed by atoms with Crippen LogP contribution in [0.4, 0.5) is 17.3 Å². The van der Waals surface area contributed by atoms with Crippen molar-refractivity contribution in [2.24, 2.45) is 0 Å². The second kappa shape index (κ2) is 9.81. The van der Waals surface area contributed by atoms with Crippen LogP contribution in [-0.4, -0.2) is 55.7 Å². The summed E-state index contributed by atoms with van der Waals surface area (Å²) in [4.78, 5) is 20.2. The Morgan fingerprint density at radius 2 is 1.86 bits per heavy atom. The number of pyridine rings is 2. The maximum absolute atomic E-state index is 4.63. The van der Waals surface area contributed by atoms with E-state index in [-0.39, 0.29) is 12.4 Å². The molecule has 0 saturated carbocycles. The normalized spacial score (nSPS) is 13.7. The van der Waals surface area contributed by atoms with Crippen molar-refractivity contribution in [3.05, 3.63) is 78.1 Å². The van der Waals surface area contributed by atoms with Crippen LogP contribution in [0.3, 0.4) is 0 Å². The molecule has 5 aromatic rings. The van der Waals surface area contributed by atoms with Gasteiger partial charge in [0.2, 0.25) is 0 Å². The summed E-state index contributed by atoms with van der Waals surface area (Å²) in [6.45, 7) is 5.96. The van der Waals surface area contributed by atoms with Crippen LogP contribution in [0.1, 0.15) is 16.7 Å². The predicted molar refractivity (Wildman–Crippen MR) is 140 cm³/mol. The fourth-order valence-electron chi connectivity index (χ4n) is 4.41. The molecule has 178 valence electrons. The van der Waals surface area contributed by atoms with E-state index in [1.54, 1.807) is 17.2 Å². The molecule has 1 aliphatic heterocycles. The number of fused-ring (bicyclic) bond motifs is 2. The number of aromatic nitrogens is 6. The van der Waals surface area contributed by atoms with Gasteiger partial charge in [0.15, 0.2) is 5.65 Å². The van der Waals surface area contributed by atoms with Gasteiger partial charge in [-0.05, 0) is 60.4 Å². The average Bonchev–Trinajstić information content (AvgIpc) is 3.34. The van der Waals surface area contributed by atoms with E-state index in [0.29, 0.717) is 0 Å². The van der Waals surface area contributed by atoms with E-state index >= 15 is 0 Å². The molecule has 0 radical (unpaired) electrons. The van der Waals surface area contributed by atoms with Crippen LogP contribution in [0.15, 0.2) is 61.4 Å². The highest BCUT2D eigenvalue weighted by Gasteiger charge is 2.14. The third-order valence-corrected chi connectivity index (χ3v) is 6.29. The average molecular weight is 488 g/mol. The molecule has 4 aromatic heterocycles. The van der Waals surface area contributed by atoms with E-state index in [1.165, 1.54) is 16.7 Å². The summed E-state index contributed by atoms with van der Waals surface area (Å²) < 4.78 is 1.78. The Morgan fingerprint density at radius 1 is 0.971 bits per heavy atom. The first-order valence-corrected chi connectivity index (χ1v) is 11.4. The highest BCUT2D eigenvalue weighted by molar-refractivity contribution is 5.91. The molecule has 1 saturated heterocycles. The Balaban J connectivity index is 0.00000253. The molecule has 5 heterocycles. The van der Waals surface area contributed by atoms with Gasteiger partial charge in [-0.15, -0.1) is 12.4 Å². The molecule has 1 aromatic carbocycles. The lowest BCUT2D eigenvalue weighted by molar-refractivity contribution is 0.585. The highest BCUT2D eigenvalue weighted by Crippen LogP contribution is 2.27. The zero-order valence-corrected chi connectivity index (χ0v) is 20.2. The second-order valence-corrected chi connectivity index (χ2v) is 8.56. The number of nitrogens with zero attached hydrogens (tertiary/aromatic N) is 7. The molecule has 1 fully saturated rings. The van der Waals surface area contributed by atoms with Gasteiger partial charge in [0, 0.05) is 43.4 Å². The van der Waals surface area contributed by atoms with E-state index in [4.69, 9.17) is 0 Å². The summed E-state index contributed by atoms with van der Waals surface area (Å²) >= 11 is 0. The van der Waals surface area contributed by atoms with Gasteiger partial charge >= 0.3 is 0 Å². The number of rotatable bonds is 5. The minimum Gasteiger partial charge on any atom is -0.354 e. The molecule has 0 amide bonds. The van der Waals surface area contributed by atoms with E-state index < -0.39 is 0 Å². The van der Waals surface area contributed by atoms with Gasteiger partial charge in [-0.2, -0.15) is 5.10 Å². The molecule has 0 bridgehead atoms. The fraction of sp³-hybridized carbons (Fsp3) is 0.240. The van der Waals surface area contributed by atoms with Crippen molar-refractivity contribution < 1.29 is 0 Å². The van der Waals surface area contributed by atoms with E-state index in [1.807, 2.05) is 12.4 Å². The van der Waals surface area contributed by atoms with Crippen molar-refractivity contribution in [3.63, 3.8) is 0 Å². The number of piperazine rings is 1. The molecule has 0 aliphatic carbocycles. The van der Waals surface area contributed by atoms with Crippen LogP contribution in [0.25, 0.3) is 16.6 Å². The van der Waals surface area contributed by atoms with Gasteiger partial charge in [-0.1, -0.05) is 6.07 Å². The Kier molecular flexibility index (Phi) is 6.43. The molecule has 0 unspecified atom stereocenters. The fourth-order valence-corrected chi connectivity index (χ4v) is 4.41. The molecule has 9 nitrogen and oxygen atoms in total. The van der Waals surface area contributed by atoms with E-state index in [2.05, 4.69) is 83.9 Å². The van der Waals surface area contributed by atoms with Crippen molar-refractivity contribution in [2.45, 2.75) is 13.3 Å². The van der Waals surface area contributed by atoms with Crippen LogP contribution in [0.2, 0.25) is 0 Å². The smallest absolute Gasteiger partial charge is 0.155 e. The minimum atomic E-state index is 0. The maximum Gasteiger partial charge on any atom is 0.155 e. The first-order valence-electron chi connectivity index (χ1n) is 11.4. The standard InChI is InChI=1S/C25H25N9.ClH/c1-17-10-20(3-2-19(17)11-18-4-7-34-24(12-18)29-16-31-34)32-25-21-13-23(33-8-5-26-6-9-33)27-14-22(21)28-15-30-25;/h2-4,7,10,12-16,26H,5-6,8-9,11H2,1H3,(H,28,30,32);1H. The second-order valence-electron chi connectivity index (χ2n) is 8.56. The van der Waals surface area contributed by atoms with Crippen molar-refractivity contribution in [1.29, 1.82) is 0 Å². The molecule has 0 atom stereocenters. The summed E-state index contributed by atoms with van der Waals surface area (Å²) in [5, 5.41) is 12.0. The summed E-state index contributed by atoms with van der Waals surface area (Å²) in [6.07, 6.45) is 7.78. The third-order valence-electron chi connectivity index (χ3n) is 6.29. The lowest BCUT2D eigenvalue weighted by Crippen LogP contribution is -2.43. The molecular formula is C25H26ClN9. The predicted octanol–water partition coefficient (Wildman–Crippen LogP) is 3.54. The molecule has 6 rings (SSSR count). The van der Waals surface area contributed by atoms with Crippen LogP contribution in [0.5, 0.6) is 0 Å². The summed E-state index contributed by atoms with van der Waals surface area (Å²) in [6, 6.07) is 12.7. The summed E-state index contributed by atoms with van der Waals surface area (Å²) in [5.41, 5.74) is 6.38. The maximum atomic E-state index is 4.63. The number of benzene rings is 1. The van der Waals surface area contributed by atoms with Gasteiger partial charge in [-0.3, -0.25) is 0 Å². The largest absolute Gasteiger partial charge is 0.354 e. The molecule has 10 heteroatoms. The number of halogens is 1. The molecular weight excluding hydrogens is 462 g/mol. The van der Waals surface area contributed by atoms with E-state index in [9.17, 15) is 0 Å². The monoisotopic (exact) mass is 487 g/mol. The Labute approximate surface area is 209 Å². The van der Waals surface area contributed by atoms with Crippen molar-refractivity contribution in [3.8, 4) is 0 Å². The van der Waals surface area contributed by atoms with E-state index in [0.717, 1.165) is 66.5 Å². The minimum absolute atomic E-state index is 0. The quantitative estimate of drug-likeness (QED) is 0.388. The first-order chi connectivity index (χ1) is 16.7. The van der Waals surface area contributed by atoms with Crippen LogP contribution in [0, 0.1) is 6.92 Å². The van der Waals surface area contributed by atoms with Gasteiger partial charge in [0.05, 0.1) is 11.7 Å². The molecule has 2 N–H and O–H groups in total. The Bertz CT molecular complexity index is 1480. The van der Waals surface area contributed by atoms with Gasteiger partial charge in [-0.25, -0.2) is 24.5 Å². The van der Waals surface area contributed by atoms with Crippen molar-refractivity contribution in [1.82, 2.24) is 34.9 Å². The zero-order chi connectivity index (χ0) is 22.9. The van der Waals surface area contributed by atoms with Crippen molar-refractivity contribution >= 4 is 46.3 Å². The number of nitrogens with one attached hydrogen (secondary N) is 2. The Hall–Kier alpha value is -3.82. The first kappa shape index (κ1) is 22.9. The number of anilines is 3.